The van der Waals surface area contributed by atoms with Crippen LogP contribution in [0.1, 0.15) is 48.3 Å². The minimum Gasteiger partial charge on any atom is -0.394 e. The third-order valence-electron chi connectivity index (χ3n) is 7.31. The van der Waals surface area contributed by atoms with E-state index in [4.69, 9.17) is 0 Å². The van der Waals surface area contributed by atoms with Crippen LogP contribution in [0.2, 0.25) is 0 Å². The van der Waals surface area contributed by atoms with Gasteiger partial charge in [-0.3, -0.25) is 4.79 Å². The van der Waals surface area contributed by atoms with Gasteiger partial charge in [-0.2, -0.15) is 0 Å². The molecule has 1 aliphatic carbocycles. The lowest BCUT2D eigenvalue weighted by molar-refractivity contribution is -0.159. The zero-order valence-corrected chi connectivity index (χ0v) is 18.8. The van der Waals surface area contributed by atoms with Crippen LogP contribution in [0, 0.1) is 0 Å². The van der Waals surface area contributed by atoms with Gasteiger partial charge in [-0.25, -0.2) is 4.79 Å². The van der Waals surface area contributed by atoms with E-state index in [0.29, 0.717) is 6.54 Å². The lowest BCUT2D eigenvalue weighted by Crippen LogP contribution is -2.74. The monoisotopic (exact) mass is 445 g/mol. The number of nitrogens with one attached hydrogen (secondary N) is 1. The summed E-state index contributed by atoms with van der Waals surface area (Å²) in [6.45, 7) is 0.513. The molecule has 0 bridgehead atoms. The van der Waals surface area contributed by atoms with Gasteiger partial charge in [0.05, 0.1) is 18.7 Å². The fraction of sp³-hybridized carbons (Fsp3) is 0.407. The van der Waals surface area contributed by atoms with E-state index in [1.807, 2.05) is 18.2 Å². The van der Waals surface area contributed by atoms with E-state index in [9.17, 15) is 14.7 Å². The number of carbonyl (C=O) groups excluding carboxylic acids is 2. The first-order valence-corrected chi connectivity index (χ1v) is 11.9. The van der Waals surface area contributed by atoms with Gasteiger partial charge in [0.15, 0.2) is 0 Å². The number of carbonyl (C=O) groups is 2. The van der Waals surface area contributed by atoms with Gasteiger partial charge in [0.25, 0.3) is 0 Å². The highest BCUT2D eigenvalue weighted by Crippen LogP contribution is 2.43. The second-order valence-corrected chi connectivity index (χ2v) is 9.37. The van der Waals surface area contributed by atoms with Crippen molar-refractivity contribution in [2.24, 2.45) is 0 Å². The minimum absolute atomic E-state index is 0.0215. The standard InChI is InChI=1S/C27H31N3O3/c31-18-24-26(21-14-12-20(13-15-21)11-10-19-6-2-1-3-7-19)23-16-29(17-25(32)30(23)24)27(33)28-22-8-4-5-9-22/h1-3,6-7,10-15,22-24,26,31H,4-5,8-9,16-18H2,(H,28,33)/b11-10+/t23-,24-,26+/m0/s1. The molecule has 5 rings (SSSR count). The number of fused-ring (bicyclic) bond motifs is 1. The first-order chi connectivity index (χ1) is 16.1. The van der Waals surface area contributed by atoms with Crippen molar-refractivity contribution in [3.05, 3.63) is 71.3 Å². The van der Waals surface area contributed by atoms with E-state index in [-0.39, 0.29) is 49.1 Å². The van der Waals surface area contributed by atoms with Crippen molar-refractivity contribution in [2.75, 3.05) is 19.7 Å². The van der Waals surface area contributed by atoms with Crippen molar-refractivity contribution in [3.63, 3.8) is 0 Å². The van der Waals surface area contributed by atoms with Crippen molar-refractivity contribution in [2.45, 2.75) is 49.7 Å². The van der Waals surface area contributed by atoms with Crippen molar-refractivity contribution < 1.29 is 14.7 Å². The largest absolute Gasteiger partial charge is 0.394 e. The molecule has 2 N–H and O–H groups in total. The number of nitrogens with zero attached hydrogens (tertiary/aromatic N) is 2. The molecule has 2 aliphatic heterocycles. The number of rotatable bonds is 5. The molecule has 3 amide bonds. The molecule has 0 unspecified atom stereocenters. The average molecular weight is 446 g/mol. The molecular formula is C27H31N3O3. The molecule has 172 valence electrons. The molecule has 0 spiro atoms. The van der Waals surface area contributed by atoms with Gasteiger partial charge in [-0.1, -0.05) is 79.6 Å². The number of amides is 3. The topological polar surface area (TPSA) is 72.9 Å². The summed E-state index contributed by atoms with van der Waals surface area (Å²) >= 11 is 0. The highest BCUT2D eigenvalue weighted by molar-refractivity contribution is 5.87. The summed E-state index contributed by atoms with van der Waals surface area (Å²) in [5.74, 6) is -0.0567. The Balaban J connectivity index is 1.28. The number of hydrogen-bond donors (Lipinski definition) is 2. The minimum atomic E-state index is -0.228. The van der Waals surface area contributed by atoms with Gasteiger partial charge >= 0.3 is 6.03 Å². The lowest BCUT2D eigenvalue weighted by Gasteiger charge is -2.58. The molecule has 33 heavy (non-hydrogen) atoms. The van der Waals surface area contributed by atoms with Crippen LogP contribution in [0.15, 0.2) is 54.6 Å². The van der Waals surface area contributed by atoms with Gasteiger partial charge in [-0.15, -0.1) is 0 Å². The molecule has 2 aromatic rings. The fourth-order valence-corrected chi connectivity index (χ4v) is 5.58. The SMILES string of the molecule is O=C(NC1CCCC1)N1CC(=O)N2[C@@H](CO)[C@H](c3ccc(/C=C/c4ccccc4)cc3)[C@@H]2C1. The lowest BCUT2D eigenvalue weighted by atomic mass is 9.73. The number of piperazine rings is 1. The molecule has 3 aliphatic rings. The van der Waals surface area contributed by atoms with Crippen LogP contribution in [-0.2, 0) is 4.79 Å². The zero-order valence-electron chi connectivity index (χ0n) is 18.8. The van der Waals surface area contributed by atoms with E-state index >= 15 is 0 Å². The Morgan fingerprint density at radius 2 is 1.67 bits per heavy atom. The molecule has 6 heteroatoms. The van der Waals surface area contributed by atoms with E-state index in [2.05, 4.69) is 53.9 Å². The van der Waals surface area contributed by atoms with Crippen LogP contribution in [0.25, 0.3) is 12.2 Å². The highest BCUT2D eigenvalue weighted by atomic mass is 16.3. The molecular weight excluding hydrogens is 414 g/mol. The first-order valence-electron chi connectivity index (χ1n) is 11.9. The predicted octanol–water partition coefficient (Wildman–Crippen LogP) is 3.48. The highest BCUT2D eigenvalue weighted by Gasteiger charge is 2.54. The van der Waals surface area contributed by atoms with Crippen LogP contribution in [0.4, 0.5) is 4.79 Å². The normalized spacial score (nSPS) is 25.2. The van der Waals surface area contributed by atoms with Gasteiger partial charge in [-0.05, 0) is 29.5 Å². The maximum Gasteiger partial charge on any atom is 0.318 e. The summed E-state index contributed by atoms with van der Waals surface area (Å²) in [6, 6.07) is 18.2. The maximum atomic E-state index is 12.8. The molecule has 1 saturated carbocycles. The summed E-state index contributed by atoms with van der Waals surface area (Å²) in [6.07, 6.45) is 8.49. The van der Waals surface area contributed by atoms with E-state index in [1.54, 1.807) is 9.80 Å². The number of aliphatic hydroxyl groups excluding tert-OH is 1. The van der Waals surface area contributed by atoms with Gasteiger partial charge < -0.3 is 20.2 Å². The average Bonchev–Trinajstić information content (AvgIpc) is 3.33. The molecule has 2 saturated heterocycles. The van der Waals surface area contributed by atoms with Crippen molar-refractivity contribution in [1.82, 2.24) is 15.1 Å². The number of urea groups is 1. The Bertz CT molecular complexity index is 1010. The molecule has 0 radical (unpaired) electrons. The predicted molar refractivity (Wildman–Crippen MR) is 128 cm³/mol. The molecule has 2 aromatic carbocycles. The summed E-state index contributed by atoms with van der Waals surface area (Å²) < 4.78 is 0. The van der Waals surface area contributed by atoms with E-state index in [1.165, 1.54) is 0 Å². The summed E-state index contributed by atoms with van der Waals surface area (Å²) in [4.78, 5) is 29.0. The van der Waals surface area contributed by atoms with Crippen LogP contribution in [0.5, 0.6) is 0 Å². The summed E-state index contributed by atoms with van der Waals surface area (Å²) in [5.41, 5.74) is 3.34. The smallest absolute Gasteiger partial charge is 0.318 e. The Kier molecular flexibility index (Phi) is 6.18. The third-order valence-corrected chi connectivity index (χ3v) is 7.31. The second kappa shape index (κ2) is 9.40. The van der Waals surface area contributed by atoms with Crippen LogP contribution >= 0.6 is 0 Å². The van der Waals surface area contributed by atoms with Crippen LogP contribution in [0.3, 0.4) is 0 Å². The van der Waals surface area contributed by atoms with Gasteiger partial charge in [0.2, 0.25) is 5.91 Å². The molecule has 6 nitrogen and oxygen atoms in total. The van der Waals surface area contributed by atoms with Gasteiger partial charge in [0.1, 0.15) is 6.54 Å². The van der Waals surface area contributed by atoms with Crippen LogP contribution < -0.4 is 5.32 Å². The Hall–Kier alpha value is -3.12. The number of hydrogen-bond acceptors (Lipinski definition) is 3. The van der Waals surface area contributed by atoms with E-state index in [0.717, 1.165) is 42.4 Å². The quantitative estimate of drug-likeness (QED) is 0.692. The Labute approximate surface area is 194 Å². The summed E-state index contributed by atoms with van der Waals surface area (Å²) in [7, 11) is 0. The zero-order chi connectivity index (χ0) is 22.8. The molecule has 3 fully saturated rings. The maximum absolute atomic E-state index is 12.8. The molecule has 3 atom stereocenters. The first kappa shape index (κ1) is 21.7. The van der Waals surface area contributed by atoms with E-state index < -0.39 is 0 Å². The molecule has 2 heterocycles. The number of aliphatic hydroxyl groups is 1. The van der Waals surface area contributed by atoms with Crippen molar-refractivity contribution >= 4 is 24.1 Å². The third kappa shape index (κ3) is 4.40. The Morgan fingerprint density at radius 1 is 1.00 bits per heavy atom. The molecule has 0 aromatic heterocycles. The van der Waals surface area contributed by atoms with Crippen molar-refractivity contribution in [3.8, 4) is 0 Å². The van der Waals surface area contributed by atoms with Crippen LogP contribution in [-0.4, -0.2) is 64.7 Å². The number of benzene rings is 2. The fourth-order valence-electron chi connectivity index (χ4n) is 5.58. The van der Waals surface area contributed by atoms with Crippen molar-refractivity contribution in [1.29, 1.82) is 0 Å². The van der Waals surface area contributed by atoms with Gasteiger partial charge in [0, 0.05) is 18.5 Å². The summed E-state index contributed by atoms with van der Waals surface area (Å²) in [5, 5.41) is 13.1. The second-order valence-electron chi connectivity index (χ2n) is 9.37. The Morgan fingerprint density at radius 3 is 2.33 bits per heavy atom.